The highest BCUT2D eigenvalue weighted by Gasteiger charge is 2.25. The van der Waals surface area contributed by atoms with Crippen molar-refractivity contribution in [2.24, 2.45) is 0 Å². The lowest BCUT2D eigenvalue weighted by atomic mass is 10.0. The second kappa shape index (κ2) is 6.34. The third kappa shape index (κ3) is 2.75. The fourth-order valence-corrected chi connectivity index (χ4v) is 3.71. The van der Waals surface area contributed by atoms with Crippen molar-refractivity contribution in [3.8, 4) is 0 Å². The first-order chi connectivity index (χ1) is 10.9. The monoisotopic (exact) mass is 300 g/mol. The molecule has 0 bridgehead atoms. The molecule has 22 heavy (non-hydrogen) atoms. The number of imidazole rings is 1. The van der Waals surface area contributed by atoms with Gasteiger partial charge in [0.1, 0.15) is 11.3 Å². The standard InChI is InChI=1S/C17H24N4O/c1-2-8-18-14(6-1)11-21-16(13-5-4-10-22-12-13)20-15-7-3-9-19-17(15)21/h3,7,9,13-14,18H,1-2,4-6,8,10-12H2. The average molecular weight is 300 g/mol. The van der Waals surface area contributed by atoms with Crippen molar-refractivity contribution in [1.29, 1.82) is 0 Å². The minimum Gasteiger partial charge on any atom is -0.381 e. The van der Waals surface area contributed by atoms with Crippen molar-refractivity contribution < 1.29 is 4.74 Å². The van der Waals surface area contributed by atoms with Gasteiger partial charge in [0.15, 0.2) is 5.65 Å². The molecule has 2 aromatic rings. The van der Waals surface area contributed by atoms with Gasteiger partial charge in [-0.2, -0.15) is 0 Å². The molecular formula is C17H24N4O. The van der Waals surface area contributed by atoms with Crippen LogP contribution in [0.5, 0.6) is 0 Å². The van der Waals surface area contributed by atoms with Crippen LogP contribution in [0.3, 0.4) is 0 Å². The van der Waals surface area contributed by atoms with Crippen LogP contribution in [0.25, 0.3) is 11.2 Å². The first-order valence-corrected chi connectivity index (χ1v) is 8.54. The molecule has 4 rings (SSSR count). The quantitative estimate of drug-likeness (QED) is 0.946. The van der Waals surface area contributed by atoms with E-state index in [4.69, 9.17) is 9.72 Å². The maximum atomic E-state index is 5.69. The topological polar surface area (TPSA) is 52.0 Å². The van der Waals surface area contributed by atoms with Crippen LogP contribution in [-0.2, 0) is 11.3 Å². The third-order valence-electron chi connectivity index (χ3n) is 4.87. The van der Waals surface area contributed by atoms with Gasteiger partial charge >= 0.3 is 0 Å². The molecule has 1 N–H and O–H groups in total. The molecule has 0 spiro atoms. The second-order valence-electron chi connectivity index (χ2n) is 6.49. The van der Waals surface area contributed by atoms with E-state index in [1.165, 1.54) is 31.5 Å². The van der Waals surface area contributed by atoms with E-state index in [2.05, 4.69) is 20.9 Å². The SMILES string of the molecule is c1cnc2c(c1)nc(C1CCCOC1)n2CC1CCCCN1. The Morgan fingerprint density at radius 1 is 1.27 bits per heavy atom. The number of piperidine rings is 1. The minimum absolute atomic E-state index is 0.409. The van der Waals surface area contributed by atoms with E-state index in [0.29, 0.717) is 12.0 Å². The highest BCUT2D eigenvalue weighted by Crippen LogP contribution is 2.28. The molecule has 0 saturated carbocycles. The van der Waals surface area contributed by atoms with Crippen LogP contribution in [-0.4, -0.2) is 40.3 Å². The van der Waals surface area contributed by atoms with E-state index < -0.39 is 0 Å². The maximum Gasteiger partial charge on any atom is 0.160 e. The number of fused-ring (bicyclic) bond motifs is 1. The lowest BCUT2D eigenvalue weighted by Gasteiger charge is -2.27. The number of aromatic nitrogens is 3. The predicted octanol–water partition coefficient (Wildman–Crippen LogP) is 2.47. The summed E-state index contributed by atoms with van der Waals surface area (Å²) in [7, 11) is 0. The Labute approximate surface area is 131 Å². The summed E-state index contributed by atoms with van der Waals surface area (Å²) in [5.74, 6) is 1.58. The first kappa shape index (κ1) is 14.2. The summed E-state index contributed by atoms with van der Waals surface area (Å²) in [5.41, 5.74) is 2.04. The molecule has 0 aromatic carbocycles. The Balaban J connectivity index is 1.69. The molecule has 5 heteroatoms. The minimum atomic E-state index is 0.409. The van der Waals surface area contributed by atoms with Crippen LogP contribution in [0.15, 0.2) is 18.3 Å². The first-order valence-electron chi connectivity index (χ1n) is 8.54. The summed E-state index contributed by atoms with van der Waals surface area (Å²) in [5, 5.41) is 3.64. The molecule has 4 heterocycles. The van der Waals surface area contributed by atoms with E-state index in [-0.39, 0.29) is 0 Å². The lowest BCUT2D eigenvalue weighted by molar-refractivity contribution is 0.0769. The number of rotatable bonds is 3. The van der Waals surface area contributed by atoms with Gasteiger partial charge < -0.3 is 14.6 Å². The van der Waals surface area contributed by atoms with Crippen molar-refractivity contribution in [2.45, 2.75) is 50.6 Å². The maximum absolute atomic E-state index is 5.69. The van der Waals surface area contributed by atoms with Gasteiger partial charge in [0.25, 0.3) is 0 Å². The molecule has 2 atom stereocenters. The molecule has 2 aromatic heterocycles. The molecule has 5 nitrogen and oxygen atoms in total. The van der Waals surface area contributed by atoms with E-state index in [9.17, 15) is 0 Å². The highest BCUT2D eigenvalue weighted by molar-refractivity contribution is 5.71. The summed E-state index contributed by atoms with van der Waals surface area (Å²) in [6.45, 7) is 3.78. The van der Waals surface area contributed by atoms with Crippen molar-refractivity contribution >= 4 is 11.2 Å². The molecule has 0 aliphatic carbocycles. The van der Waals surface area contributed by atoms with Gasteiger partial charge in [-0.1, -0.05) is 6.42 Å². The summed E-state index contributed by atoms with van der Waals surface area (Å²) in [6.07, 6.45) is 8.02. The molecule has 2 unspecified atom stereocenters. The summed E-state index contributed by atoms with van der Waals surface area (Å²) < 4.78 is 8.03. The van der Waals surface area contributed by atoms with Gasteiger partial charge in [-0.3, -0.25) is 0 Å². The summed E-state index contributed by atoms with van der Waals surface area (Å²) in [4.78, 5) is 9.49. The van der Waals surface area contributed by atoms with Gasteiger partial charge in [0.2, 0.25) is 0 Å². The van der Waals surface area contributed by atoms with Crippen LogP contribution in [0, 0.1) is 0 Å². The van der Waals surface area contributed by atoms with Gasteiger partial charge in [-0.25, -0.2) is 9.97 Å². The number of nitrogens with zero attached hydrogens (tertiary/aromatic N) is 3. The molecule has 118 valence electrons. The largest absolute Gasteiger partial charge is 0.381 e. The molecule has 0 radical (unpaired) electrons. The van der Waals surface area contributed by atoms with Crippen molar-refractivity contribution in [3.05, 3.63) is 24.2 Å². The van der Waals surface area contributed by atoms with E-state index >= 15 is 0 Å². The average Bonchev–Trinajstić information content (AvgIpc) is 2.95. The number of hydrogen-bond donors (Lipinski definition) is 1. The van der Waals surface area contributed by atoms with Crippen LogP contribution >= 0.6 is 0 Å². The van der Waals surface area contributed by atoms with Gasteiger partial charge in [0, 0.05) is 31.3 Å². The van der Waals surface area contributed by atoms with Crippen molar-refractivity contribution in [2.75, 3.05) is 19.8 Å². The van der Waals surface area contributed by atoms with Crippen LogP contribution < -0.4 is 5.32 Å². The normalized spacial score (nSPS) is 26.4. The predicted molar refractivity (Wildman–Crippen MR) is 86.0 cm³/mol. The van der Waals surface area contributed by atoms with E-state index in [0.717, 1.165) is 43.9 Å². The van der Waals surface area contributed by atoms with Gasteiger partial charge in [-0.05, 0) is 44.4 Å². The Morgan fingerprint density at radius 3 is 3.09 bits per heavy atom. The fourth-order valence-electron chi connectivity index (χ4n) is 3.71. The Hall–Kier alpha value is -1.46. The van der Waals surface area contributed by atoms with E-state index in [1.54, 1.807) is 0 Å². The Kier molecular flexibility index (Phi) is 4.08. The number of pyridine rings is 1. The number of ether oxygens (including phenoxy) is 1. The summed E-state index contributed by atoms with van der Waals surface area (Å²) >= 11 is 0. The van der Waals surface area contributed by atoms with Crippen molar-refractivity contribution in [1.82, 2.24) is 19.9 Å². The van der Waals surface area contributed by atoms with Crippen LogP contribution in [0.4, 0.5) is 0 Å². The Morgan fingerprint density at radius 2 is 2.27 bits per heavy atom. The van der Waals surface area contributed by atoms with Crippen LogP contribution in [0.1, 0.15) is 43.8 Å². The molecular weight excluding hydrogens is 276 g/mol. The van der Waals surface area contributed by atoms with E-state index in [1.807, 2.05) is 12.3 Å². The number of hydrogen-bond acceptors (Lipinski definition) is 4. The lowest BCUT2D eigenvalue weighted by Crippen LogP contribution is -2.38. The van der Waals surface area contributed by atoms with Gasteiger partial charge in [0.05, 0.1) is 6.61 Å². The molecule has 2 fully saturated rings. The summed E-state index contributed by atoms with van der Waals surface area (Å²) in [6, 6.07) is 4.58. The van der Waals surface area contributed by atoms with Crippen molar-refractivity contribution in [3.63, 3.8) is 0 Å². The van der Waals surface area contributed by atoms with Gasteiger partial charge in [-0.15, -0.1) is 0 Å². The second-order valence-corrected chi connectivity index (χ2v) is 6.49. The van der Waals surface area contributed by atoms with Crippen LogP contribution in [0.2, 0.25) is 0 Å². The third-order valence-corrected chi connectivity index (χ3v) is 4.87. The molecule has 2 aliphatic rings. The zero-order valence-corrected chi connectivity index (χ0v) is 13.0. The fraction of sp³-hybridized carbons (Fsp3) is 0.647. The molecule has 2 saturated heterocycles. The highest BCUT2D eigenvalue weighted by atomic mass is 16.5. The smallest absolute Gasteiger partial charge is 0.160 e. The zero-order chi connectivity index (χ0) is 14.8. The molecule has 0 amide bonds. The zero-order valence-electron chi connectivity index (χ0n) is 13.0. The molecule has 2 aliphatic heterocycles. The number of nitrogens with one attached hydrogen (secondary N) is 1. The Bertz CT molecular complexity index is 627.